The van der Waals surface area contributed by atoms with Crippen LogP contribution in [-0.4, -0.2) is 44.2 Å². The number of urea groups is 1. The zero-order valence-electron chi connectivity index (χ0n) is 9.41. The van der Waals surface area contributed by atoms with E-state index in [9.17, 15) is 9.90 Å². The Morgan fingerprint density at radius 2 is 2.25 bits per heavy atom. The van der Waals surface area contributed by atoms with Gasteiger partial charge in [0.1, 0.15) is 5.82 Å². The van der Waals surface area contributed by atoms with E-state index < -0.39 is 6.23 Å². The fourth-order valence-corrected chi connectivity index (χ4v) is 2.34. The van der Waals surface area contributed by atoms with E-state index in [1.807, 2.05) is 13.8 Å². The minimum absolute atomic E-state index is 0.0705. The molecule has 1 unspecified atom stereocenters. The predicted molar refractivity (Wildman–Crippen MR) is 60.4 cm³/mol. The zero-order chi connectivity index (χ0) is 11.9. The number of hydrogen-bond acceptors (Lipinski definition) is 5. The lowest BCUT2D eigenvalue weighted by molar-refractivity contribution is 0.167. The third-order valence-corrected chi connectivity index (χ3v) is 3.26. The van der Waals surface area contributed by atoms with Crippen molar-refractivity contribution in [2.24, 2.45) is 0 Å². The fraction of sp³-hybridized carbons (Fsp3) is 0.667. The van der Waals surface area contributed by atoms with Crippen molar-refractivity contribution in [2.75, 3.05) is 11.4 Å². The van der Waals surface area contributed by atoms with Crippen molar-refractivity contribution in [3.8, 4) is 0 Å². The van der Waals surface area contributed by atoms with E-state index in [2.05, 4.69) is 9.36 Å². The second kappa shape index (κ2) is 3.99. The van der Waals surface area contributed by atoms with Gasteiger partial charge in [-0.3, -0.25) is 0 Å². The van der Waals surface area contributed by atoms with Crippen molar-refractivity contribution in [1.29, 1.82) is 0 Å². The highest BCUT2D eigenvalue weighted by molar-refractivity contribution is 7.09. The molecule has 1 aliphatic heterocycles. The first-order valence-electron chi connectivity index (χ1n) is 5.09. The Kier molecular flexibility index (Phi) is 2.81. The third-order valence-electron chi connectivity index (χ3n) is 2.46. The molecule has 2 heterocycles. The summed E-state index contributed by atoms with van der Waals surface area (Å²) in [4.78, 5) is 19.0. The molecule has 1 N–H and O–H groups in total. The number of β-amino-alcohol motifs (C(OH)–C–C–N with tert-alkyl or cyclic N) is 1. The van der Waals surface area contributed by atoms with Crippen LogP contribution in [0.15, 0.2) is 0 Å². The van der Waals surface area contributed by atoms with Gasteiger partial charge in [0, 0.05) is 17.6 Å². The van der Waals surface area contributed by atoms with E-state index >= 15 is 0 Å². The molecule has 2 rings (SSSR count). The first-order chi connectivity index (χ1) is 7.50. The summed E-state index contributed by atoms with van der Waals surface area (Å²) in [5, 5.41) is 10.3. The van der Waals surface area contributed by atoms with Crippen molar-refractivity contribution < 1.29 is 9.90 Å². The molecule has 0 radical (unpaired) electrons. The molecule has 1 saturated heterocycles. The Labute approximate surface area is 97.7 Å². The van der Waals surface area contributed by atoms with Gasteiger partial charge in [0.25, 0.3) is 0 Å². The van der Waals surface area contributed by atoms with Crippen molar-refractivity contribution in [1.82, 2.24) is 14.3 Å². The summed E-state index contributed by atoms with van der Waals surface area (Å²) in [5.41, 5.74) is 0. The number of nitrogens with zero attached hydrogens (tertiary/aromatic N) is 4. The van der Waals surface area contributed by atoms with Crippen LogP contribution >= 0.6 is 11.5 Å². The summed E-state index contributed by atoms with van der Waals surface area (Å²) >= 11 is 1.13. The van der Waals surface area contributed by atoms with Crippen LogP contribution in [0, 0.1) is 6.92 Å². The quantitative estimate of drug-likeness (QED) is 0.833. The number of carbonyl (C=O) groups excluding carboxylic acids is 1. The van der Waals surface area contributed by atoms with Crippen LogP contribution in [0.25, 0.3) is 0 Å². The molecule has 0 bridgehead atoms. The minimum Gasteiger partial charge on any atom is -0.371 e. The first-order valence-corrected chi connectivity index (χ1v) is 5.86. The maximum absolute atomic E-state index is 12.0. The highest BCUT2D eigenvalue weighted by Crippen LogP contribution is 2.26. The standard InChI is InChI=1S/C9H14N4O2S/c1-5(2)12-4-7(14)13(9(12)15)8-10-6(3)11-16-8/h5,7,14H,4H2,1-3H3. The number of amides is 2. The molecule has 0 saturated carbocycles. The summed E-state index contributed by atoms with van der Waals surface area (Å²) in [6.07, 6.45) is -0.831. The SMILES string of the molecule is Cc1nsc(N2C(=O)N(C(C)C)CC2O)n1. The molecule has 16 heavy (non-hydrogen) atoms. The summed E-state index contributed by atoms with van der Waals surface area (Å²) in [5.74, 6) is 0.614. The van der Waals surface area contributed by atoms with E-state index in [1.54, 1.807) is 11.8 Å². The average Bonchev–Trinajstić information content (AvgIpc) is 2.71. The minimum atomic E-state index is -0.831. The van der Waals surface area contributed by atoms with Crippen LogP contribution in [0.1, 0.15) is 19.7 Å². The smallest absolute Gasteiger partial charge is 0.328 e. The van der Waals surface area contributed by atoms with E-state index in [4.69, 9.17) is 0 Å². The van der Waals surface area contributed by atoms with Gasteiger partial charge in [-0.25, -0.2) is 14.7 Å². The molecule has 7 heteroatoms. The van der Waals surface area contributed by atoms with Crippen molar-refractivity contribution >= 4 is 22.7 Å². The topological polar surface area (TPSA) is 69.6 Å². The predicted octanol–water partition coefficient (Wildman–Crippen LogP) is 0.815. The number of anilines is 1. The molecule has 1 aromatic rings. The Morgan fingerprint density at radius 3 is 2.69 bits per heavy atom. The number of rotatable bonds is 2. The molecule has 6 nitrogen and oxygen atoms in total. The number of aliphatic hydroxyl groups excluding tert-OH is 1. The number of aryl methyl sites for hydroxylation is 1. The van der Waals surface area contributed by atoms with E-state index in [-0.39, 0.29) is 12.1 Å². The zero-order valence-corrected chi connectivity index (χ0v) is 10.2. The normalized spacial score (nSPS) is 21.3. The van der Waals surface area contributed by atoms with Crippen LogP contribution in [0.3, 0.4) is 0 Å². The summed E-state index contributed by atoms with van der Waals surface area (Å²) in [6, 6.07) is -0.139. The number of carbonyl (C=O) groups is 1. The Bertz CT molecular complexity index is 406. The highest BCUT2D eigenvalue weighted by Gasteiger charge is 2.39. The number of hydrogen-bond donors (Lipinski definition) is 1. The maximum Gasteiger partial charge on any atom is 0.328 e. The van der Waals surface area contributed by atoms with Crippen LogP contribution in [0.5, 0.6) is 0 Å². The first kappa shape index (κ1) is 11.3. The summed E-state index contributed by atoms with van der Waals surface area (Å²) in [7, 11) is 0. The summed E-state index contributed by atoms with van der Waals surface area (Å²) in [6.45, 7) is 5.90. The van der Waals surface area contributed by atoms with E-state index in [0.717, 1.165) is 11.5 Å². The molecule has 2 amide bonds. The molecular weight excluding hydrogens is 228 g/mol. The number of aliphatic hydroxyl groups is 1. The molecule has 0 aliphatic carbocycles. The van der Waals surface area contributed by atoms with Crippen LogP contribution in [0.2, 0.25) is 0 Å². The molecule has 88 valence electrons. The molecule has 1 atom stereocenters. The molecule has 1 aromatic heterocycles. The van der Waals surface area contributed by atoms with Crippen LogP contribution < -0.4 is 4.90 Å². The van der Waals surface area contributed by atoms with Gasteiger partial charge in [-0.1, -0.05) is 0 Å². The van der Waals surface area contributed by atoms with Gasteiger partial charge < -0.3 is 10.0 Å². The second-order valence-corrected chi connectivity index (χ2v) is 4.73. The number of aromatic nitrogens is 2. The van der Waals surface area contributed by atoms with E-state index in [1.165, 1.54) is 4.90 Å². The van der Waals surface area contributed by atoms with Crippen LogP contribution in [0.4, 0.5) is 9.93 Å². The fourth-order valence-electron chi connectivity index (χ4n) is 1.63. The van der Waals surface area contributed by atoms with Crippen molar-refractivity contribution in [3.05, 3.63) is 5.82 Å². The van der Waals surface area contributed by atoms with Crippen molar-refractivity contribution in [3.63, 3.8) is 0 Å². The average molecular weight is 242 g/mol. The van der Waals surface area contributed by atoms with Gasteiger partial charge in [-0.05, 0) is 20.8 Å². The molecule has 0 aromatic carbocycles. The van der Waals surface area contributed by atoms with Gasteiger partial charge in [0.05, 0.1) is 6.54 Å². The third kappa shape index (κ3) is 1.76. The maximum atomic E-state index is 12.0. The molecule has 1 aliphatic rings. The van der Waals surface area contributed by atoms with Gasteiger partial charge in [0.15, 0.2) is 6.23 Å². The Balaban J connectivity index is 2.26. The monoisotopic (exact) mass is 242 g/mol. The molecular formula is C9H14N4O2S. The highest BCUT2D eigenvalue weighted by atomic mass is 32.1. The second-order valence-electron chi connectivity index (χ2n) is 4.00. The lowest BCUT2D eigenvalue weighted by atomic mass is 10.3. The van der Waals surface area contributed by atoms with Gasteiger partial charge >= 0.3 is 6.03 Å². The molecule has 0 spiro atoms. The van der Waals surface area contributed by atoms with Gasteiger partial charge in [-0.2, -0.15) is 4.37 Å². The lowest BCUT2D eigenvalue weighted by Gasteiger charge is -2.19. The van der Waals surface area contributed by atoms with Crippen LogP contribution in [-0.2, 0) is 0 Å². The summed E-state index contributed by atoms with van der Waals surface area (Å²) < 4.78 is 4.01. The lowest BCUT2D eigenvalue weighted by Crippen LogP contribution is -2.37. The van der Waals surface area contributed by atoms with Gasteiger partial charge in [0.2, 0.25) is 5.13 Å². The Hall–Kier alpha value is -1.21. The van der Waals surface area contributed by atoms with E-state index in [0.29, 0.717) is 17.5 Å². The molecule has 1 fully saturated rings. The Morgan fingerprint density at radius 1 is 1.56 bits per heavy atom. The van der Waals surface area contributed by atoms with Gasteiger partial charge in [-0.15, -0.1) is 0 Å². The van der Waals surface area contributed by atoms with Crippen molar-refractivity contribution in [2.45, 2.75) is 33.0 Å². The largest absolute Gasteiger partial charge is 0.371 e.